The van der Waals surface area contributed by atoms with Crippen LogP contribution < -0.4 is 4.72 Å². The number of rotatable bonds is 5. The molecule has 118 valence electrons. The van der Waals surface area contributed by atoms with E-state index in [0.29, 0.717) is 12.0 Å². The molecule has 1 aromatic carbocycles. The molecule has 21 heavy (non-hydrogen) atoms. The van der Waals surface area contributed by atoms with E-state index in [1.165, 1.54) is 6.07 Å². The van der Waals surface area contributed by atoms with Crippen molar-refractivity contribution in [3.05, 3.63) is 29.6 Å². The first kappa shape index (κ1) is 16.4. The Morgan fingerprint density at radius 3 is 2.67 bits per heavy atom. The van der Waals surface area contributed by atoms with Gasteiger partial charge in [0, 0.05) is 18.6 Å². The minimum atomic E-state index is -3.98. The molecular formula is C14H20FNO4S. The van der Waals surface area contributed by atoms with Crippen LogP contribution in [0.5, 0.6) is 0 Å². The number of hydrogen-bond acceptors (Lipinski definition) is 4. The summed E-state index contributed by atoms with van der Waals surface area (Å²) in [6.45, 7) is 3.46. The molecule has 2 unspecified atom stereocenters. The molecule has 1 aromatic rings. The van der Waals surface area contributed by atoms with Gasteiger partial charge in [-0.05, 0) is 24.1 Å². The summed E-state index contributed by atoms with van der Waals surface area (Å²) >= 11 is 0. The lowest BCUT2D eigenvalue weighted by Crippen LogP contribution is -2.61. The molecule has 0 amide bonds. The number of hydrogen-bond donors (Lipinski definition) is 2. The van der Waals surface area contributed by atoms with Crippen LogP contribution in [-0.4, -0.2) is 32.8 Å². The van der Waals surface area contributed by atoms with Gasteiger partial charge in [-0.2, -0.15) is 0 Å². The number of ether oxygens (including phenoxy) is 1. The summed E-state index contributed by atoms with van der Waals surface area (Å²) in [6.07, 6.45) is 0.517. The number of aliphatic hydroxyl groups excluding tert-OH is 1. The van der Waals surface area contributed by atoms with Gasteiger partial charge in [-0.25, -0.2) is 17.5 Å². The van der Waals surface area contributed by atoms with Crippen molar-refractivity contribution in [2.45, 2.75) is 43.9 Å². The fraction of sp³-hybridized carbons (Fsp3) is 0.571. The Morgan fingerprint density at radius 2 is 2.14 bits per heavy atom. The van der Waals surface area contributed by atoms with E-state index < -0.39 is 20.7 Å². The average Bonchev–Trinajstić information content (AvgIpc) is 2.43. The molecule has 2 N–H and O–H groups in total. The quantitative estimate of drug-likeness (QED) is 0.861. The van der Waals surface area contributed by atoms with E-state index in [9.17, 15) is 12.8 Å². The predicted octanol–water partition coefficient (Wildman–Crippen LogP) is 1.41. The summed E-state index contributed by atoms with van der Waals surface area (Å²) in [7, 11) is -2.39. The SMILES string of the molecule is COC1CC(NS(=O)(=O)c2cc(CO)ccc2F)C1(C)C. The van der Waals surface area contributed by atoms with Gasteiger partial charge in [-0.3, -0.25) is 0 Å². The van der Waals surface area contributed by atoms with Gasteiger partial charge in [-0.1, -0.05) is 19.9 Å². The van der Waals surface area contributed by atoms with Crippen LogP contribution in [0.2, 0.25) is 0 Å². The normalized spacial score (nSPS) is 24.6. The minimum Gasteiger partial charge on any atom is -0.392 e. The Bertz CT molecular complexity index is 630. The molecule has 1 aliphatic rings. The standard InChI is InChI=1S/C14H20FNO4S/c1-14(2)12(7-13(14)20-3)16-21(18,19)11-6-9(8-17)4-5-10(11)15/h4-6,12-13,16-17H,7-8H2,1-3H3. The number of halogens is 1. The van der Waals surface area contributed by atoms with Crippen LogP contribution in [-0.2, 0) is 21.4 Å². The van der Waals surface area contributed by atoms with Crippen molar-refractivity contribution in [2.75, 3.05) is 7.11 Å². The highest BCUT2D eigenvalue weighted by Crippen LogP contribution is 2.43. The Morgan fingerprint density at radius 1 is 1.48 bits per heavy atom. The zero-order valence-corrected chi connectivity index (χ0v) is 13.1. The van der Waals surface area contributed by atoms with Crippen molar-refractivity contribution in [1.82, 2.24) is 4.72 Å². The van der Waals surface area contributed by atoms with E-state index in [1.54, 1.807) is 7.11 Å². The maximum atomic E-state index is 13.8. The highest BCUT2D eigenvalue weighted by Gasteiger charge is 2.50. The summed E-state index contributed by atoms with van der Waals surface area (Å²) in [5, 5.41) is 9.05. The Labute approximate surface area is 124 Å². The van der Waals surface area contributed by atoms with Crippen LogP contribution in [0.3, 0.4) is 0 Å². The smallest absolute Gasteiger partial charge is 0.243 e. The van der Waals surface area contributed by atoms with Gasteiger partial charge in [0.1, 0.15) is 10.7 Å². The van der Waals surface area contributed by atoms with Gasteiger partial charge in [0.2, 0.25) is 10.0 Å². The number of sulfonamides is 1. The number of aliphatic hydroxyl groups is 1. The molecule has 0 bridgehead atoms. The molecule has 1 fully saturated rings. The molecule has 0 saturated heterocycles. The van der Waals surface area contributed by atoms with Crippen molar-refractivity contribution >= 4 is 10.0 Å². The van der Waals surface area contributed by atoms with Crippen LogP contribution >= 0.6 is 0 Å². The number of nitrogens with one attached hydrogen (secondary N) is 1. The first-order valence-corrected chi connectivity index (χ1v) is 8.15. The Balaban J connectivity index is 2.24. The molecule has 0 aliphatic heterocycles. The van der Waals surface area contributed by atoms with Crippen LogP contribution in [0.4, 0.5) is 4.39 Å². The van der Waals surface area contributed by atoms with E-state index in [4.69, 9.17) is 9.84 Å². The average molecular weight is 317 g/mol. The van der Waals surface area contributed by atoms with Gasteiger partial charge in [0.25, 0.3) is 0 Å². The van der Waals surface area contributed by atoms with E-state index in [-0.39, 0.29) is 24.2 Å². The third-order valence-corrected chi connectivity index (χ3v) is 5.71. The maximum absolute atomic E-state index is 13.8. The fourth-order valence-corrected chi connectivity index (χ4v) is 4.12. The first-order chi connectivity index (χ1) is 9.72. The predicted molar refractivity (Wildman–Crippen MR) is 75.6 cm³/mol. The molecule has 0 radical (unpaired) electrons. The van der Waals surface area contributed by atoms with Crippen molar-refractivity contribution in [2.24, 2.45) is 5.41 Å². The molecule has 5 nitrogen and oxygen atoms in total. The summed E-state index contributed by atoms with van der Waals surface area (Å²) in [6, 6.07) is 3.23. The topological polar surface area (TPSA) is 75.6 Å². The largest absolute Gasteiger partial charge is 0.392 e. The lowest BCUT2D eigenvalue weighted by Gasteiger charge is -2.50. The van der Waals surface area contributed by atoms with E-state index >= 15 is 0 Å². The highest BCUT2D eigenvalue weighted by molar-refractivity contribution is 7.89. The van der Waals surface area contributed by atoms with Gasteiger partial charge in [0.15, 0.2) is 0 Å². The maximum Gasteiger partial charge on any atom is 0.243 e. The van der Waals surface area contributed by atoms with Crippen LogP contribution in [0.15, 0.2) is 23.1 Å². The van der Waals surface area contributed by atoms with Crippen LogP contribution in [0.1, 0.15) is 25.8 Å². The second-order valence-corrected chi connectivity index (χ2v) is 7.56. The second kappa shape index (κ2) is 5.64. The van der Waals surface area contributed by atoms with Crippen LogP contribution in [0, 0.1) is 11.2 Å². The highest BCUT2D eigenvalue weighted by atomic mass is 32.2. The molecule has 2 rings (SSSR count). The number of benzene rings is 1. The fourth-order valence-electron chi connectivity index (χ4n) is 2.59. The molecule has 1 saturated carbocycles. The molecule has 0 spiro atoms. The lowest BCUT2D eigenvalue weighted by atomic mass is 9.65. The van der Waals surface area contributed by atoms with E-state index in [1.807, 2.05) is 13.8 Å². The van der Waals surface area contributed by atoms with Gasteiger partial charge >= 0.3 is 0 Å². The molecule has 0 heterocycles. The summed E-state index contributed by atoms with van der Waals surface area (Å²) in [5.41, 5.74) is -0.00760. The van der Waals surface area contributed by atoms with Crippen molar-refractivity contribution in [3.8, 4) is 0 Å². The van der Waals surface area contributed by atoms with Gasteiger partial charge in [-0.15, -0.1) is 0 Å². The van der Waals surface area contributed by atoms with Gasteiger partial charge in [0.05, 0.1) is 12.7 Å². The summed E-state index contributed by atoms with van der Waals surface area (Å²) < 4.78 is 46.2. The van der Waals surface area contributed by atoms with E-state index in [0.717, 1.165) is 12.1 Å². The van der Waals surface area contributed by atoms with Crippen LogP contribution in [0.25, 0.3) is 0 Å². The summed E-state index contributed by atoms with van der Waals surface area (Å²) in [5.74, 6) is -0.833. The summed E-state index contributed by atoms with van der Waals surface area (Å²) in [4.78, 5) is -0.439. The Kier molecular flexibility index (Phi) is 4.39. The molecule has 0 aromatic heterocycles. The molecule has 1 aliphatic carbocycles. The van der Waals surface area contributed by atoms with Crippen molar-refractivity contribution in [1.29, 1.82) is 0 Å². The monoisotopic (exact) mass is 317 g/mol. The number of methoxy groups -OCH3 is 1. The third kappa shape index (κ3) is 2.96. The second-order valence-electron chi connectivity index (χ2n) is 5.88. The first-order valence-electron chi connectivity index (χ1n) is 6.66. The Hall–Kier alpha value is -1.02. The molecular weight excluding hydrogens is 297 g/mol. The minimum absolute atomic E-state index is 0.0289. The molecule has 2 atom stereocenters. The lowest BCUT2D eigenvalue weighted by molar-refractivity contribution is -0.0908. The zero-order chi connectivity index (χ0) is 15.8. The van der Waals surface area contributed by atoms with Gasteiger partial charge < -0.3 is 9.84 Å². The molecule has 7 heteroatoms. The zero-order valence-electron chi connectivity index (χ0n) is 12.3. The van der Waals surface area contributed by atoms with Crippen molar-refractivity contribution in [3.63, 3.8) is 0 Å². The third-order valence-electron chi connectivity index (χ3n) is 4.23. The van der Waals surface area contributed by atoms with Crippen molar-refractivity contribution < 1.29 is 22.7 Å². The van der Waals surface area contributed by atoms with E-state index in [2.05, 4.69) is 4.72 Å².